The van der Waals surface area contributed by atoms with Crippen LogP contribution in [0.4, 0.5) is 4.79 Å². The van der Waals surface area contributed by atoms with Crippen LogP contribution in [0.5, 0.6) is 0 Å². The Morgan fingerprint density at radius 3 is 2.87 bits per heavy atom. The molecular formula is C11H9N2O2. The smallest absolute Gasteiger partial charge is 0.420 e. The second kappa shape index (κ2) is 4.41. The Labute approximate surface area is 87.1 Å². The van der Waals surface area contributed by atoms with Gasteiger partial charge in [0.1, 0.15) is 6.61 Å². The molecule has 0 aliphatic carbocycles. The molecule has 2 rings (SSSR count). The second-order valence-electron chi connectivity index (χ2n) is 2.94. The minimum absolute atomic E-state index is 0.256. The van der Waals surface area contributed by atoms with E-state index in [0.29, 0.717) is 0 Å². The van der Waals surface area contributed by atoms with Crippen molar-refractivity contribution >= 4 is 6.09 Å². The van der Waals surface area contributed by atoms with E-state index in [1.165, 1.54) is 17.0 Å². The molecule has 0 unspecified atom stereocenters. The fourth-order valence-electron chi connectivity index (χ4n) is 1.12. The second-order valence-corrected chi connectivity index (χ2v) is 2.94. The van der Waals surface area contributed by atoms with Crippen LogP contribution in [-0.4, -0.2) is 15.6 Å². The van der Waals surface area contributed by atoms with E-state index in [0.717, 1.165) is 5.56 Å². The number of aromatic nitrogens is 2. The Morgan fingerprint density at radius 1 is 1.40 bits per heavy atom. The summed E-state index contributed by atoms with van der Waals surface area (Å²) in [4.78, 5) is 15.0. The van der Waals surface area contributed by atoms with Gasteiger partial charge in [-0.25, -0.2) is 14.3 Å². The first-order chi connectivity index (χ1) is 7.36. The quantitative estimate of drug-likeness (QED) is 0.745. The zero-order chi connectivity index (χ0) is 10.5. The third-order valence-electron chi connectivity index (χ3n) is 1.86. The van der Waals surface area contributed by atoms with Crippen LogP contribution < -0.4 is 0 Å². The average molecular weight is 201 g/mol. The van der Waals surface area contributed by atoms with Crippen LogP contribution in [0.1, 0.15) is 5.56 Å². The normalized spacial score (nSPS) is 9.87. The lowest BCUT2D eigenvalue weighted by molar-refractivity contribution is 0.141. The van der Waals surface area contributed by atoms with Crippen LogP contribution >= 0.6 is 0 Å². The van der Waals surface area contributed by atoms with Crippen LogP contribution in [0.15, 0.2) is 42.7 Å². The third-order valence-corrected chi connectivity index (χ3v) is 1.86. The van der Waals surface area contributed by atoms with Gasteiger partial charge in [-0.3, -0.25) is 0 Å². The molecule has 0 aliphatic rings. The molecule has 4 heteroatoms. The molecule has 0 N–H and O–H groups in total. The van der Waals surface area contributed by atoms with E-state index in [1.54, 1.807) is 0 Å². The Bertz CT molecular complexity index is 423. The summed E-state index contributed by atoms with van der Waals surface area (Å²) in [5, 5.41) is 0. The fourth-order valence-corrected chi connectivity index (χ4v) is 1.12. The highest BCUT2D eigenvalue weighted by Crippen LogP contribution is 2.01. The summed E-state index contributed by atoms with van der Waals surface area (Å²) in [5.74, 6) is 0. The molecule has 15 heavy (non-hydrogen) atoms. The number of carbonyl (C=O) groups is 1. The van der Waals surface area contributed by atoms with Gasteiger partial charge in [-0.2, -0.15) is 0 Å². The molecule has 0 saturated heterocycles. The number of ether oxygens (including phenoxy) is 1. The molecule has 4 nitrogen and oxygen atoms in total. The average Bonchev–Trinajstić information content (AvgIpc) is 2.81. The number of hydrogen-bond acceptors (Lipinski definition) is 3. The van der Waals surface area contributed by atoms with E-state index >= 15 is 0 Å². The first kappa shape index (κ1) is 9.45. The minimum Gasteiger partial charge on any atom is -0.444 e. The molecule has 0 saturated carbocycles. The summed E-state index contributed by atoms with van der Waals surface area (Å²) in [6, 6.07) is 9.49. The van der Waals surface area contributed by atoms with Crippen LogP contribution in [0.25, 0.3) is 0 Å². The van der Waals surface area contributed by atoms with Crippen molar-refractivity contribution in [2.75, 3.05) is 0 Å². The molecular weight excluding hydrogens is 192 g/mol. The van der Waals surface area contributed by atoms with E-state index in [1.807, 2.05) is 30.3 Å². The molecule has 1 aromatic heterocycles. The zero-order valence-electron chi connectivity index (χ0n) is 7.96. The van der Waals surface area contributed by atoms with E-state index in [4.69, 9.17) is 4.74 Å². The monoisotopic (exact) mass is 201 g/mol. The van der Waals surface area contributed by atoms with Gasteiger partial charge in [0.25, 0.3) is 0 Å². The van der Waals surface area contributed by atoms with Crippen molar-refractivity contribution in [3.05, 3.63) is 54.6 Å². The summed E-state index contributed by atoms with van der Waals surface area (Å²) >= 11 is 0. The van der Waals surface area contributed by atoms with Gasteiger partial charge in [-0.05, 0) is 5.56 Å². The summed E-state index contributed by atoms with van der Waals surface area (Å²) in [7, 11) is 0. The predicted octanol–water partition coefficient (Wildman–Crippen LogP) is 1.87. The molecule has 0 fully saturated rings. The van der Waals surface area contributed by atoms with Crippen molar-refractivity contribution in [1.82, 2.24) is 9.55 Å². The Morgan fingerprint density at radius 2 is 2.20 bits per heavy atom. The Kier molecular flexibility index (Phi) is 2.78. The topological polar surface area (TPSA) is 44.1 Å². The van der Waals surface area contributed by atoms with E-state index in [-0.39, 0.29) is 6.61 Å². The highest BCUT2D eigenvalue weighted by atomic mass is 16.5. The van der Waals surface area contributed by atoms with Crippen molar-refractivity contribution in [2.24, 2.45) is 0 Å². The van der Waals surface area contributed by atoms with Crippen molar-refractivity contribution in [3.8, 4) is 0 Å². The number of imidazole rings is 1. The number of rotatable bonds is 2. The van der Waals surface area contributed by atoms with Crippen LogP contribution in [0.3, 0.4) is 0 Å². The van der Waals surface area contributed by atoms with Crippen molar-refractivity contribution < 1.29 is 9.53 Å². The van der Waals surface area contributed by atoms with Gasteiger partial charge in [0.15, 0.2) is 6.33 Å². The third kappa shape index (κ3) is 2.43. The highest BCUT2D eigenvalue weighted by Gasteiger charge is 2.04. The lowest BCUT2D eigenvalue weighted by atomic mass is 10.2. The summed E-state index contributed by atoms with van der Waals surface area (Å²) in [6.45, 7) is 0.256. The lowest BCUT2D eigenvalue weighted by Gasteiger charge is -2.03. The fraction of sp³-hybridized carbons (Fsp3) is 0.0909. The first-order valence-electron chi connectivity index (χ1n) is 4.48. The summed E-state index contributed by atoms with van der Waals surface area (Å²) < 4.78 is 6.19. The van der Waals surface area contributed by atoms with Gasteiger partial charge < -0.3 is 4.74 Å². The summed E-state index contributed by atoms with van der Waals surface area (Å²) in [6.07, 6.45) is 4.96. The molecule has 1 aromatic carbocycles. The van der Waals surface area contributed by atoms with E-state index in [2.05, 4.69) is 11.3 Å². The maximum Gasteiger partial charge on any atom is 0.420 e. The first-order valence-corrected chi connectivity index (χ1v) is 4.48. The molecule has 0 atom stereocenters. The molecule has 0 spiro atoms. The molecule has 0 bridgehead atoms. The maximum absolute atomic E-state index is 11.3. The van der Waals surface area contributed by atoms with Gasteiger partial charge >= 0.3 is 6.09 Å². The lowest BCUT2D eigenvalue weighted by Crippen LogP contribution is -2.11. The molecule has 2 aromatic rings. The van der Waals surface area contributed by atoms with Gasteiger partial charge in [0.05, 0.1) is 0 Å². The summed E-state index contributed by atoms with van der Waals surface area (Å²) in [5.41, 5.74) is 0.950. The number of nitrogens with zero attached hydrogens (tertiary/aromatic N) is 2. The molecule has 1 radical (unpaired) electrons. The van der Waals surface area contributed by atoms with Crippen molar-refractivity contribution in [2.45, 2.75) is 6.61 Å². The Balaban J connectivity index is 1.92. The van der Waals surface area contributed by atoms with E-state index < -0.39 is 6.09 Å². The predicted molar refractivity (Wildman–Crippen MR) is 53.1 cm³/mol. The standard InChI is InChI=1S/C11H9N2O2/c14-11(13-7-6-12-9-13)15-8-10-4-2-1-3-5-10/h1-7H,8H2. The SMILES string of the molecule is O=C(OCc1ccccc1)n1[c]ncc1. The maximum atomic E-state index is 11.3. The van der Waals surface area contributed by atoms with Gasteiger partial charge in [-0.15, -0.1) is 0 Å². The largest absolute Gasteiger partial charge is 0.444 e. The number of hydrogen-bond donors (Lipinski definition) is 0. The zero-order valence-corrected chi connectivity index (χ0v) is 7.96. The van der Waals surface area contributed by atoms with Crippen LogP contribution in [-0.2, 0) is 11.3 Å². The van der Waals surface area contributed by atoms with Gasteiger partial charge in [0, 0.05) is 12.4 Å². The Hall–Kier alpha value is -2.10. The van der Waals surface area contributed by atoms with Crippen molar-refractivity contribution in [1.29, 1.82) is 0 Å². The minimum atomic E-state index is -0.476. The molecule has 1 heterocycles. The van der Waals surface area contributed by atoms with E-state index in [9.17, 15) is 4.79 Å². The van der Waals surface area contributed by atoms with Crippen molar-refractivity contribution in [3.63, 3.8) is 0 Å². The number of benzene rings is 1. The number of carbonyl (C=O) groups excluding carboxylic acids is 1. The van der Waals surface area contributed by atoms with Gasteiger partial charge in [-0.1, -0.05) is 30.3 Å². The van der Waals surface area contributed by atoms with Crippen LogP contribution in [0.2, 0.25) is 0 Å². The highest BCUT2D eigenvalue weighted by molar-refractivity contribution is 5.69. The molecule has 75 valence electrons. The van der Waals surface area contributed by atoms with Gasteiger partial charge in [0.2, 0.25) is 0 Å². The molecule has 0 amide bonds. The van der Waals surface area contributed by atoms with Crippen LogP contribution in [0, 0.1) is 6.33 Å². The molecule has 0 aliphatic heterocycles.